The highest BCUT2D eigenvalue weighted by Crippen LogP contribution is 2.56. The van der Waals surface area contributed by atoms with E-state index in [2.05, 4.69) is 0 Å². The van der Waals surface area contributed by atoms with Gasteiger partial charge in [-0.3, -0.25) is 9.59 Å². The van der Waals surface area contributed by atoms with Crippen LogP contribution in [0.5, 0.6) is 28.7 Å². The van der Waals surface area contributed by atoms with Crippen LogP contribution in [-0.2, 0) is 23.9 Å². The van der Waals surface area contributed by atoms with Crippen LogP contribution in [-0.4, -0.2) is 56.9 Å². The first kappa shape index (κ1) is 32.5. The van der Waals surface area contributed by atoms with E-state index in [9.17, 15) is 19.5 Å². The number of ether oxygens (including phenoxy) is 7. The van der Waals surface area contributed by atoms with Crippen molar-refractivity contribution in [1.82, 2.24) is 0 Å². The van der Waals surface area contributed by atoms with Gasteiger partial charge in [-0.1, -0.05) is 25.1 Å². The molecule has 1 N–H and O–H groups in total. The third-order valence-electron chi connectivity index (χ3n) is 7.86. The van der Waals surface area contributed by atoms with Crippen molar-refractivity contribution in [3.63, 3.8) is 0 Å². The first-order valence-electron chi connectivity index (χ1n) is 15.0. The maximum atomic E-state index is 14.2. The number of hydrogen-bond donors (Lipinski definition) is 1. The molecule has 3 unspecified atom stereocenters. The van der Waals surface area contributed by atoms with Crippen LogP contribution < -0.4 is 23.7 Å². The van der Waals surface area contributed by atoms with Gasteiger partial charge in [0, 0.05) is 23.5 Å². The second kappa shape index (κ2) is 13.6. The summed E-state index contributed by atoms with van der Waals surface area (Å²) in [4.78, 5) is 38.2. The highest BCUT2D eigenvalue weighted by atomic mass is 16.7. The summed E-state index contributed by atoms with van der Waals surface area (Å²) >= 11 is 0. The average Bonchev–Trinajstić information content (AvgIpc) is 3.64. The molecule has 0 spiro atoms. The second-order valence-corrected chi connectivity index (χ2v) is 12.1. The van der Waals surface area contributed by atoms with Crippen LogP contribution >= 0.6 is 0 Å². The minimum Gasteiger partial charge on any atom is -0.497 e. The Kier molecular flexibility index (Phi) is 9.60. The zero-order valence-electron chi connectivity index (χ0n) is 26.5. The molecule has 3 aromatic rings. The molecule has 11 nitrogen and oxygen atoms in total. The molecular formula is C35H38O11. The van der Waals surface area contributed by atoms with Gasteiger partial charge in [0.25, 0.3) is 0 Å². The molecule has 1 aliphatic carbocycles. The summed E-state index contributed by atoms with van der Waals surface area (Å²) in [6, 6.07) is 16.3. The predicted molar refractivity (Wildman–Crippen MR) is 165 cm³/mol. The van der Waals surface area contributed by atoms with Crippen LogP contribution in [0.15, 0.2) is 54.6 Å². The Labute approximate surface area is 267 Å². The van der Waals surface area contributed by atoms with E-state index in [-0.39, 0.29) is 12.5 Å². The van der Waals surface area contributed by atoms with E-state index in [4.69, 9.17) is 33.2 Å². The number of rotatable bonds is 12. The summed E-state index contributed by atoms with van der Waals surface area (Å²) in [6.45, 7) is 6.52. The van der Waals surface area contributed by atoms with Crippen LogP contribution in [0.3, 0.4) is 0 Å². The first-order chi connectivity index (χ1) is 22.0. The Morgan fingerprint density at radius 2 is 1.59 bits per heavy atom. The van der Waals surface area contributed by atoms with Gasteiger partial charge < -0.3 is 38.3 Å². The Hall–Kier alpha value is -4.93. The lowest BCUT2D eigenvalue weighted by molar-refractivity contribution is -0.175. The molecular weight excluding hydrogens is 596 g/mol. The lowest BCUT2D eigenvalue weighted by Gasteiger charge is -2.26. The van der Waals surface area contributed by atoms with Crippen LogP contribution in [0.25, 0.3) is 0 Å². The zero-order chi connectivity index (χ0) is 33.0. The van der Waals surface area contributed by atoms with E-state index in [1.165, 1.54) is 7.11 Å². The van der Waals surface area contributed by atoms with Gasteiger partial charge in [-0.25, -0.2) is 4.79 Å². The minimum absolute atomic E-state index is 0.0849. The smallest absolute Gasteiger partial charge is 0.341 e. The lowest BCUT2D eigenvalue weighted by atomic mass is 9.79. The molecule has 11 heteroatoms. The lowest BCUT2D eigenvalue weighted by Crippen LogP contribution is -2.29. The number of methoxy groups -OCH3 is 1. The average molecular weight is 635 g/mol. The van der Waals surface area contributed by atoms with Gasteiger partial charge in [0.2, 0.25) is 13.6 Å². The van der Waals surface area contributed by atoms with Crippen LogP contribution in [0.1, 0.15) is 68.2 Å². The normalized spacial score (nSPS) is 18.0. The maximum absolute atomic E-state index is 14.2. The molecule has 3 aromatic carbocycles. The molecule has 0 fully saturated rings. The van der Waals surface area contributed by atoms with E-state index >= 15 is 0 Å². The van der Waals surface area contributed by atoms with Crippen molar-refractivity contribution in [3.8, 4) is 28.7 Å². The summed E-state index contributed by atoms with van der Waals surface area (Å²) < 4.78 is 39.3. The Balaban J connectivity index is 1.65. The van der Waals surface area contributed by atoms with E-state index in [1.807, 2.05) is 37.3 Å². The van der Waals surface area contributed by atoms with Crippen molar-refractivity contribution in [2.24, 2.45) is 11.3 Å². The highest BCUT2D eigenvalue weighted by Gasteiger charge is 2.49. The SMILES string of the molecule is CCCOc1ccc2c(c1)C(c1ccc(OC)cc1OCC(=O)O)C(C(=O)OCOC(=O)C(C)(C)C)C2c1ccc2c(c1)OCO2. The minimum atomic E-state index is -1.16. The summed E-state index contributed by atoms with van der Waals surface area (Å²) in [6.07, 6.45) is 0.800. The third-order valence-corrected chi connectivity index (χ3v) is 7.86. The largest absolute Gasteiger partial charge is 0.497 e. The van der Waals surface area contributed by atoms with Crippen molar-refractivity contribution in [3.05, 3.63) is 76.9 Å². The van der Waals surface area contributed by atoms with Crippen molar-refractivity contribution in [2.75, 3.05) is 33.9 Å². The van der Waals surface area contributed by atoms with E-state index < -0.39 is 54.5 Å². The fourth-order valence-electron chi connectivity index (χ4n) is 5.74. The van der Waals surface area contributed by atoms with Crippen molar-refractivity contribution in [2.45, 2.75) is 46.0 Å². The monoisotopic (exact) mass is 634 g/mol. The third kappa shape index (κ3) is 6.83. The number of carboxylic acids is 1. The molecule has 0 radical (unpaired) electrons. The molecule has 244 valence electrons. The molecule has 46 heavy (non-hydrogen) atoms. The first-order valence-corrected chi connectivity index (χ1v) is 15.0. The molecule has 0 amide bonds. The van der Waals surface area contributed by atoms with Crippen molar-refractivity contribution >= 4 is 17.9 Å². The fraction of sp³-hybridized carbons (Fsp3) is 0.400. The molecule has 0 saturated heterocycles. The van der Waals surface area contributed by atoms with Crippen LogP contribution in [0, 0.1) is 11.3 Å². The van der Waals surface area contributed by atoms with E-state index in [1.54, 1.807) is 45.0 Å². The second-order valence-electron chi connectivity index (χ2n) is 12.1. The van der Waals surface area contributed by atoms with Gasteiger partial charge in [-0.05, 0) is 74.2 Å². The topological polar surface area (TPSA) is 136 Å². The summed E-state index contributed by atoms with van der Waals surface area (Å²) in [5.74, 6) is -1.99. The quantitative estimate of drug-likeness (QED) is 0.195. The Morgan fingerprint density at radius 3 is 2.30 bits per heavy atom. The highest BCUT2D eigenvalue weighted by molar-refractivity contribution is 5.81. The molecule has 3 atom stereocenters. The number of carbonyl (C=O) groups is 3. The number of esters is 2. The zero-order valence-corrected chi connectivity index (χ0v) is 26.5. The summed E-state index contributed by atoms with van der Waals surface area (Å²) in [5, 5.41) is 9.43. The predicted octanol–water partition coefficient (Wildman–Crippen LogP) is 5.66. The molecule has 0 bridgehead atoms. The number of aliphatic carboxylic acids is 1. The van der Waals surface area contributed by atoms with E-state index in [0.717, 1.165) is 23.1 Å². The van der Waals surface area contributed by atoms with Crippen molar-refractivity contribution in [1.29, 1.82) is 0 Å². The van der Waals surface area contributed by atoms with Crippen LogP contribution in [0.2, 0.25) is 0 Å². The molecule has 0 aromatic heterocycles. The molecule has 5 rings (SSSR count). The van der Waals surface area contributed by atoms with Gasteiger partial charge in [0.15, 0.2) is 18.1 Å². The van der Waals surface area contributed by atoms with Gasteiger partial charge in [0.1, 0.15) is 17.2 Å². The number of carboxylic acid groups (broad SMARTS) is 1. The van der Waals surface area contributed by atoms with Gasteiger partial charge in [-0.2, -0.15) is 0 Å². The molecule has 2 aliphatic rings. The fourth-order valence-corrected chi connectivity index (χ4v) is 5.74. The summed E-state index contributed by atoms with van der Waals surface area (Å²) in [5.41, 5.74) is 2.14. The standard InChI is InChI=1S/C35H38O11/c1-6-13-41-22-9-10-23-25(15-22)31(24-11-8-21(40-5)16-27(24)42-17-29(36)37)32(33(38)45-19-46-34(39)35(2,3)4)30(23)20-7-12-26-28(14-20)44-18-43-26/h7-12,14-16,30-32H,6,13,17-19H2,1-5H3,(H,36,37). The van der Waals surface area contributed by atoms with Crippen LogP contribution in [0.4, 0.5) is 0 Å². The number of fused-ring (bicyclic) bond motifs is 2. The van der Waals surface area contributed by atoms with Gasteiger partial charge in [0.05, 0.1) is 25.0 Å². The number of benzene rings is 3. The Bertz CT molecular complexity index is 1610. The number of hydrogen-bond acceptors (Lipinski definition) is 10. The Morgan fingerprint density at radius 1 is 0.848 bits per heavy atom. The molecule has 1 heterocycles. The maximum Gasteiger partial charge on any atom is 0.341 e. The number of carbonyl (C=O) groups excluding carboxylic acids is 2. The van der Waals surface area contributed by atoms with Gasteiger partial charge >= 0.3 is 17.9 Å². The molecule has 0 saturated carbocycles. The summed E-state index contributed by atoms with van der Waals surface area (Å²) in [7, 11) is 1.49. The van der Waals surface area contributed by atoms with Crippen molar-refractivity contribution < 1.29 is 52.6 Å². The molecule has 1 aliphatic heterocycles. The van der Waals surface area contributed by atoms with Gasteiger partial charge in [-0.15, -0.1) is 0 Å². The van der Waals surface area contributed by atoms with E-state index in [0.29, 0.717) is 35.2 Å².